The number of fused-ring (bicyclic) bond motifs is 2. The maximum absolute atomic E-state index is 11.8. The van der Waals surface area contributed by atoms with Crippen molar-refractivity contribution in [3.8, 4) is 0 Å². The Labute approximate surface area is 170 Å². The van der Waals surface area contributed by atoms with Crippen molar-refractivity contribution in [3.63, 3.8) is 0 Å². The second-order valence-corrected chi connectivity index (χ2v) is 10.4. The van der Waals surface area contributed by atoms with Crippen LogP contribution in [0.15, 0.2) is 35.5 Å². The fourth-order valence-corrected chi connectivity index (χ4v) is 6.57. The first-order chi connectivity index (χ1) is 13.1. The normalized spacial score (nSPS) is 44.2. The quantitative estimate of drug-likeness (QED) is 0.537. The third kappa shape index (κ3) is 3.68. The van der Waals surface area contributed by atoms with Gasteiger partial charge in [-0.3, -0.25) is 4.79 Å². The molecular weight excluding hydrogens is 348 g/mol. The molecule has 0 aromatic rings. The Kier molecular flexibility index (Phi) is 6.08. The summed E-state index contributed by atoms with van der Waals surface area (Å²) in [7, 11) is 0. The van der Waals surface area contributed by atoms with Crippen LogP contribution in [-0.2, 0) is 4.79 Å². The van der Waals surface area contributed by atoms with Crippen LogP contribution in [0.1, 0.15) is 66.7 Å². The molecule has 3 heteroatoms. The molecule has 0 aliphatic heterocycles. The Balaban J connectivity index is 1.94. The van der Waals surface area contributed by atoms with Crippen LogP contribution in [-0.4, -0.2) is 28.2 Å². The van der Waals surface area contributed by atoms with Gasteiger partial charge in [0.1, 0.15) is 6.29 Å². The van der Waals surface area contributed by atoms with Crippen LogP contribution in [0.5, 0.6) is 0 Å². The maximum atomic E-state index is 11.8. The smallest absolute Gasteiger partial charge is 0.146 e. The van der Waals surface area contributed by atoms with Gasteiger partial charge in [0.25, 0.3) is 0 Å². The largest absolute Gasteiger partial charge is 0.392 e. The van der Waals surface area contributed by atoms with Gasteiger partial charge in [-0.2, -0.15) is 0 Å². The van der Waals surface area contributed by atoms with Gasteiger partial charge in [0.15, 0.2) is 0 Å². The number of hydrogen-bond donors (Lipinski definition) is 2. The van der Waals surface area contributed by atoms with E-state index in [-0.39, 0.29) is 11.3 Å². The molecule has 2 saturated carbocycles. The second-order valence-electron chi connectivity index (χ2n) is 10.4. The van der Waals surface area contributed by atoms with Crippen LogP contribution in [0.2, 0.25) is 0 Å². The molecule has 0 amide bonds. The summed E-state index contributed by atoms with van der Waals surface area (Å²) in [6.45, 7) is 10.9. The molecule has 0 aromatic heterocycles. The average Bonchev–Trinajstić information content (AvgIpc) is 3.01. The minimum Gasteiger partial charge on any atom is -0.392 e. The number of carbonyl (C=O) groups is 1. The zero-order chi connectivity index (χ0) is 20.7. The number of hydrogen-bond acceptors (Lipinski definition) is 3. The number of aliphatic hydroxyl groups is 2. The molecule has 3 nitrogen and oxygen atoms in total. The van der Waals surface area contributed by atoms with Crippen molar-refractivity contribution in [1.82, 2.24) is 0 Å². The fourth-order valence-electron chi connectivity index (χ4n) is 6.57. The van der Waals surface area contributed by atoms with Gasteiger partial charge < -0.3 is 10.2 Å². The van der Waals surface area contributed by atoms with E-state index in [1.807, 2.05) is 13.0 Å². The Morgan fingerprint density at radius 3 is 2.71 bits per heavy atom. The van der Waals surface area contributed by atoms with Crippen LogP contribution in [0.4, 0.5) is 0 Å². The summed E-state index contributed by atoms with van der Waals surface area (Å²) >= 11 is 0. The molecule has 156 valence electrons. The topological polar surface area (TPSA) is 57.5 Å². The highest BCUT2D eigenvalue weighted by atomic mass is 16.3. The third-order valence-corrected chi connectivity index (χ3v) is 8.14. The molecule has 8 unspecified atom stereocenters. The number of aldehydes is 1. The SMILES string of the molecule is CC(C)=CC=CC(C)C1CCC2(C)CC3(O)C(C)CC(O)C3C(C=O)=CCC12. The van der Waals surface area contributed by atoms with E-state index in [1.165, 1.54) is 5.57 Å². The van der Waals surface area contributed by atoms with Gasteiger partial charge in [0.2, 0.25) is 0 Å². The minimum absolute atomic E-state index is 0.000427. The van der Waals surface area contributed by atoms with Crippen LogP contribution < -0.4 is 0 Å². The van der Waals surface area contributed by atoms with E-state index < -0.39 is 17.6 Å². The highest BCUT2D eigenvalue weighted by molar-refractivity contribution is 5.75. The molecule has 0 radical (unpaired) electrons. The zero-order valence-corrected chi connectivity index (χ0v) is 18.2. The fraction of sp³-hybridized carbons (Fsp3) is 0.720. The molecule has 0 heterocycles. The molecule has 28 heavy (non-hydrogen) atoms. The van der Waals surface area contributed by atoms with E-state index in [0.717, 1.165) is 25.5 Å². The van der Waals surface area contributed by atoms with E-state index in [2.05, 4.69) is 45.9 Å². The first kappa shape index (κ1) is 21.5. The average molecular weight is 387 g/mol. The van der Waals surface area contributed by atoms with Crippen molar-refractivity contribution >= 4 is 6.29 Å². The molecule has 0 saturated heterocycles. The number of aliphatic hydroxyl groups excluding tert-OH is 1. The number of carbonyl (C=O) groups excluding carboxylic acids is 1. The summed E-state index contributed by atoms with van der Waals surface area (Å²) in [5, 5.41) is 22.3. The summed E-state index contributed by atoms with van der Waals surface area (Å²) in [5.74, 6) is 1.03. The van der Waals surface area contributed by atoms with Gasteiger partial charge in [-0.15, -0.1) is 0 Å². The zero-order valence-electron chi connectivity index (χ0n) is 18.2. The second kappa shape index (κ2) is 7.91. The summed E-state index contributed by atoms with van der Waals surface area (Å²) in [6, 6.07) is 0. The van der Waals surface area contributed by atoms with Crippen molar-refractivity contribution in [1.29, 1.82) is 0 Å². The Hall–Kier alpha value is -1.19. The monoisotopic (exact) mass is 386 g/mol. The maximum Gasteiger partial charge on any atom is 0.146 e. The van der Waals surface area contributed by atoms with Crippen molar-refractivity contribution in [2.45, 2.75) is 78.4 Å². The van der Waals surface area contributed by atoms with Gasteiger partial charge >= 0.3 is 0 Å². The van der Waals surface area contributed by atoms with Crippen LogP contribution in [0, 0.1) is 35.0 Å². The van der Waals surface area contributed by atoms with Crippen LogP contribution in [0.3, 0.4) is 0 Å². The van der Waals surface area contributed by atoms with Crippen molar-refractivity contribution in [3.05, 3.63) is 35.5 Å². The van der Waals surface area contributed by atoms with Crippen LogP contribution >= 0.6 is 0 Å². The van der Waals surface area contributed by atoms with Crippen molar-refractivity contribution < 1.29 is 15.0 Å². The van der Waals surface area contributed by atoms with Crippen molar-refractivity contribution in [2.24, 2.45) is 35.0 Å². The lowest BCUT2D eigenvalue weighted by molar-refractivity contribution is -0.110. The van der Waals surface area contributed by atoms with E-state index in [9.17, 15) is 15.0 Å². The summed E-state index contributed by atoms with van der Waals surface area (Å²) in [6.07, 6.45) is 13.3. The van der Waals surface area contributed by atoms with E-state index in [0.29, 0.717) is 36.2 Å². The molecule has 3 aliphatic rings. The standard InChI is InChI=1S/C25H38O3/c1-16(2)7-6-8-17(3)20-11-12-24(5)15-25(28)18(4)13-22(27)23(25)19(14-26)9-10-21(20)24/h6-9,14,17-18,20-23,27-28H,10-13,15H2,1-5H3. The first-order valence-electron chi connectivity index (χ1n) is 11.0. The number of allylic oxidation sites excluding steroid dienone is 5. The molecule has 0 aromatic carbocycles. The first-order valence-corrected chi connectivity index (χ1v) is 11.0. The third-order valence-electron chi connectivity index (χ3n) is 8.14. The van der Waals surface area contributed by atoms with Crippen LogP contribution in [0.25, 0.3) is 0 Å². The summed E-state index contributed by atoms with van der Waals surface area (Å²) in [4.78, 5) is 11.8. The molecule has 3 aliphatic carbocycles. The Bertz CT molecular complexity index is 686. The summed E-state index contributed by atoms with van der Waals surface area (Å²) < 4.78 is 0. The molecule has 8 atom stereocenters. The van der Waals surface area contributed by atoms with Gasteiger partial charge in [-0.1, -0.05) is 50.6 Å². The lowest BCUT2D eigenvalue weighted by Crippen LogP contribution is -2.48. The predicted octanol–water partition coefficient (Wildman–Crippen LogP) is 4.84. The van der Waals surface area contributed by atoms with Gasteiger partial charge in [0, 0.05) is 5.92 Å². The molecule has 2 fully saturated rings. The number of rotatable bonds is 4. The molecule has 0 spiro atoms. The van der Waals surface area contributed by atoms with Crippen molar-refractivity contribution in [2.75, 3.05) is 0 Å². The van der Waals surface area contributed by atoms with Gasteiger partial charge in [0.05, 0.1) is 11.7 Å². The lowest BCUT2D eigenvalue weighted by atomic mass is 9.61. The summed E-state index contributed by atoms with van der Waals surface area (Å²) in [5.41, 5.74) is 0.959. The predicted molar refractivity (Wildman–Crippen MR) is 114 cm³/mol. The molecule has 2 N–H and O–H groups in total. The Morgan fingerprint density at radius 1 is 1.36 bits per heavy atom. The molecule has 3 rings (SSSR count). The molecule has 0 bridgehead atoms. The molecular formula is C25H38O3. The van der Waals surface area contributed by atoms with E-state index in [1.54, 1.807) is 0 Å². The Morgan fingerprint density at radius 2 is 2.07 bits per heavy atom. The highest BCUT2D eigenvalue weighted by Gasteiger charge is 2.59. The van der Waals surface area contributed by atoms with Gasteiger partial charge in [-0.05, 0) is 80.6 Å². The van der Waals surface area contributed by atoms with E-state index >= 15 is 0 Å². The minimum atomic E-state index is -0.990. The lowest BCUT2D eigenvalue weighted by Gasteiger charge is -2.46. The van der Waals surface area contributed by atoms with Gasteiger partial charge in [-0.25, -0.2) is 0 Å². The van der Waals surface area contributed by atoms with E-state index in [4.69, 9.17) is 0 Å². The highest BCUT2D eigenvalue weighted by Crippen LogP contribution is 2.60.